The summed E-state index contributed by atoms with van der Waals surface area (Å²) >= 11 is 3.16. The van der Waals surface area contributed by atoms with Crippen molar-refractivity contribution in [1.29, 1.82) is 0 Å². The van der Waals surface area contributed by atoms with Crippen LogP contribution in [0.2, 0.25) is 0 Å². The maximum atomic E-state index is 11.7. The Hall–Kier alpha value is -0.950. The largest absolute Gasteiger partial charge is 0.338 e. The van der Waals surface area contributed by atoms with Crippen LogP contribution in [-0.2, 0) is 4.79 Å². The van der Waals surface area contributed by atoms with Crippen molar-refractivity contribution in [3.63, 3.8) is 0 Å². The Kier molecular flexibility index (Phi) is 4.71. The summed E-state index contributed by atoms with van der Waals surface area (Å²) in [6.45, 7) is 4.90. The van der Waals surface area contributed by atoms with Gasteiger partial charge in [0.25, 0.3) is 0 Å². The summed E-state index contributed by atoms with van der Waals surface area (Å²) in [5.74, 6) is 1.97. The fourth-order valence-corrected chi connectivity index (χ4v) is 3.13. The van der Waals surface area contributed by atoms with Gasteiger partial charge in [-0.1, -0.05) is 42.5 Å². The Bertz CT molecular complexity index is 457. The van der Waals surface area contributed by atoms with Crippen LogP contribution in [0.3, 0.4) is 0 Å². The number of amides is 1. The van der Waals surface area contributed by atoms with Gasteiger partial charge in [-0.25, -0.2) is 0 Å². The van der Waals surface area contributed by atoms with E-state index < -0.39 is 0 Å². The van der Waals surface area contributed by atoms with Gasteiger partial charge >= 0.3 is 0 Å². The number of carbonyl (C=O) groups is 1. The van der Waals surface area contributed by atoms with E-state index in [1.54, 1.807) is 17.8 Å². The highest BCUT2D eigenvalue weighted by Gasteiger charge is 2.13. The van der Waals surface area contributed by atoms with Crippen LogP contribution in [0.15, 0.2) is 15.6 Å². The predicted molar refractivity (Wildman–Crippen MR) is 76.4 cm³/mol. The van der Waals surface area contributed by atoms with Gasteiger partial charge in [-0.15, -0.1) is 0 Å². The van der Waals surface area contributed by atoms with Crippen molar-refractivity contribution in [2.45, 2.75) is 19.8 Å². The summed E-state index contributed by atoms with van der Waals surface area (Å²) in [5, 5.41) is 6.57. The van der Waals surface area contributed by atoms with Crippen molar-refractivity contribution in [1.82, 2.24) is 5.16 Å². The molecule has 0 aliphatic carbocycles. The van der Waals surface area contributed by atoms with Crippen LogP contribution in [0.25, 0.3) is 0 Å². The summed E-state index contributed by atoms with van der Waals surface area (Å²) in [6, 6.07) is 1.76. The molecule has 2 heterocycles. The molecule has 0 saturated heterocycles. The van der Waals surface area contributed by atoms with E-state index in [0.29, 0.717) is 11.6 Å². The lowest BCUT2D eigenvalue weighted by molar-refractivity contribution is -0.113. The van der Waals surface area contributed by atoms with Crippen molar-refractivity contribution in [3.05, 3.63) is 11.8 Å². The maximum absolute atomic E-state index is 11.7. The molecule has 1 aromatic heterocycles. The van der Waals surface area contributed by atoms with Gasteiger partial charge in [-0.2, -0.15) is 0 Å². The second-order valence-electron chi connectivity index (χ2n) is 4.10. The lowest BCUT2D eigenvalue weighted by atomic mass is 10.1. The molecule has 0 fully saturated rings. The lowest BCUT2D eigenvalue weighted by Crippen LogP contribution is -2.14. The van der Waals surface area contributed by atoms with Gasteiger partial charge in [-0.3, -0.25) is 15.1 Å². The molecule has 1 aliphatic rings. The predicted octanol–water partition coefficient (Wildman–Crippen LogP) is 2.57. The summed E-state index contributed by atoms with van der Waals surface area (Å²) in [4.78, 5) is 15.9. The monoisotopic (exact) mass is 285 g/mol. The average Bonchev–Trinajstić information content (AvgIpc) is 2.96. The number of nitrogens with one attached hydrogen (secondary N) is 1. The van der Waals surface area contributed by atoms with E-state index in [1.165, 1.54) is 11.8 Å². The SMILES string of the molecule is CC(C)c1cc(NC(=O)CSC2=NCCS2)on1. The zero-order valence-corrected chi connectivity index (χ0v) is 11.9. The number of carbonyl (C=O) groups excluding carboxylic acids is 1. The zero-order chi connectivity index (χ0) is 13.0. The van der Waals surface area contributed by atoms with E-state index in [2.05, 4.69) is 15.5 Å². The van der Waals surface area contributed by atoms with E-state index in [-0.39, 0.29) is 11.8 Å². The molecule has 0 spiro atoms. The molecule has 18 heavy (non-hydrogen) atoms. The molecule has 7 heteroatoms. The number of anilines is 1. The Labute approximate surface area is 114 Å². The minimum Gasteiger partial charge on any atom is -0.338 e. The Morgan fingerprint density at radius 2 is 2.50 bits per heavy atom. The first-order valence-corrected chi connectivity index (χ1v) is 7.69. The molecular weight excluding hydrogens is 270 g/mol. The van der Waals surface area contributed by atoms with Crippen LogP contribution in [0.1, 0.15) is 25.5 Å². The molecule has 2 rings (SSSR count). The molecule has 1 amide bonds. The molecule has 0 saturated carbocycles. The molecule has 0 atom stereocenters. The normalized spacial score (nSPS) is 14.9. The number of aliphatic imine (C=N–C) groups is 1. The topological polar surface area (TPSA) is 67.5 Å². The lowest BCUT2D eigenvalue weighted by Gasteiger charge is -2.00. The molecule has 0 bridgehead atoms. The first-order valence-electron chi connectivity index (χ1n) is 5.71. The van der Waals surface area contributed by atoms with Crippen LogP contribution in [0, 0.1) is 0 Å². The zero-order valence-electron chi connectivity index (χ0n) is 10.3. The summed E-state index contributed by atoms with van der Waals surface area (Å²) in [7, 11) is 0. The molecular formula is C11H15N3O2S2. The second kappa shape index (κ2) is 6.29. The third-order valence-corrected chi connectivity index (χ3v) is 4.52. The fourth-order valence-electron chi connectivity index (χ4n) is 1.32. The smallest absolute Gasteiger partial charge is 0.237 e. The standard InChI is InChI=1S/C11H15N3O2S2/c1-7(2)8-5-10(16-14-8)13-9(15)6-18-11-12-3-4-17-11/h5,7H,3-4,6H2,1-2H3,(H,13,15). The first-order chi connectivity index (χ1) is 8.65. The number of thioether (sulfide) groups is 2. The van der Waals surface area contributed by atoms with Crippen LogP contribution in [-0.4, -0.2) is 33.5 Å². The highest BCUT2D eigenvalue weighted by Crippen LogP contribution is 2.22. The van der Waals surface area contributed by atoms with Crippen molar-refractivity contribution in [2.24, 2.45) is 4.99 Å². The van der Waals surface area contributed by atoms with Crippen LogP contribution in [0.5, 0.6) is 0 Å². The number of rotatable bonds is 4. The molecule has 98 valence electrons. The van der Waals surface area contributed by atoms with Gasteiger partial charge in [0, 0.05) is 11.8 Å². The van der Waals surface area contributed by atoms with Gasteiger partial charge in [0.05, 0.1) is 18.0 Å². The number of aromatic nitrogens is 1. The van der Waals surface area contributed by atoms with Gasteiger partial charge in [0.15, 0.2) is 0 Å². The molecule has 1 aromatic rings. The Balaban J connectivity index is 1.79. The quantitative estimate of drug-likeness (QED) is 0.921. The first kappa shape index (κ1) is 13.5. The van der Waals surface area contributed by atoms with E-state index in [0.717, 1.165) is 22.4 Å². The fraction of sp³-hybridized carbons (Fsp3) is 0.545. The summed E-state index contributed by atoms with van der Waals surface area (Å²) in [6.07, 6.45) is 0. The Morgan fingerprint density at radius 3 is 3.11 bits per heavy atom. The number of nitrogens with zero attached hydrogens (tertiary/aromatic N) is 2. The van der Waals surface area contributed by atoms with Crippen molar-refractivity contribution in [2.75, 3.05) is 23.4 Å². The third-order valence-electron chi connectivity index (χ3n) is 2.27. The van der Waals surface area contributed by atoms with Crippen molar-refractivity contribution in [3.8, 4) is 0 Å². The maximum Gasteiger partial charge on any atom is 0.237 e. The van der Waals surface area contributed by atoms with E-state index in [9.17, 15) is 4.79 Å². The van der Waals surface area contributed by atoms with E-state index >= 15 is 0 Å². The molecule has 0 unspecified atom stereocenters. The number of hydrogen-bond donors (Lipinski definition) is 1. The van der Waals surface area contributed by atoms with Gasteiger partial charge in [-0.05, 0) is 5.92 Å². The highest BCUT2D eigenvalue weighted by molar-refractivity contribution is 8.39. The summed E-state index contributed by atoms with van der Waals surface area (Å²) in [5.41, 5.74) is 0.841. The third kappa shape index (κ3) is 3.78. The van der Waals surface area contributed by atoms with E-state index in [4.69, 9.17) is 4.52 Å². The summed E-state index contributed by atoms with van der Waals surface area (Å²) < 4.78 is 6.03. The highest BCUT2D eigenvalue weighted by atomic mass is 32.2. The number of hydrogen-bond acceptors (Lipinski definition) is 6. The molecule has 0 radical (unpaired) electrons. The molecule has 5 nitrogen and oxygen atoms in total. The van der Waals surface area contributed by atoms with E-state index in [1.807, 2.05) is 13.8 Å². The Morgan fingerprint density at radius 1 is 1.67 bits per heavy atom. The second-order valence-corrected chi connectivity index (χ2v) is 6.41. The molecule has 1 N–H and O–H groups in total. The van der Waals surface area contributed by atoms with Crippen molar-refractivity contribution < 1.29 is 9.32 Å². The van der Waals surface area contributed by atoms with Gasteiger partial charge < -0.3 is 4.52 Å². The van der Waals surface area contributed by atoms with Crippen LogP contribution < -0.4 is 5.32 Å². The molecule has 0 aromatic carbocycles. The van der Waals surface area contributed by atoms with Crippen molar-refractivity contribution >= 4 is 39.7 Å². The average molecular weight is 285 g/mol. The van der Waals surface area contributed by atoms with Crippen LogP contribution in [0.4, 0.5) is 5.88 Å². The minimum absolute atomic E-state index is 0.0957. The minimum atomic E-state index is -0.0957. The van der Waals surface area contributed by atoms with Gasteiger partial charge in [0.1, 0.15) is 4.38 Å². The van der Waals surface area contributed by atoms with Gasteiger partial charge in [0.2, 0.25) is 11.8 Å². The molecule has 1 aliphatic heterocycles. The van der Waals surface area contributed by atoms with Crippen LogP contribution >= 0.6 is 23.5 Å².